The molecule has 0 saturated carbocycles. The lowest BCUT2D eigenvalue weighted by atomic mass is 10.1. The van der Waals surface area contributed by atoms with Gasteiger partial charge in [0.25, 0.3) is 11.8 Å². The Kier molecular flexibility index (Phi) is 7.45. The number of carbonyl (C=O) groups is 1. The summed E-state index contributed by atoms with van der Waals surface area (Å²) < 4.78 is 20.2. The molecule has 0 aliphatic carbocycles. The van der Waals surface area contributed by atoms with Gasteiger partial charge in [-0.3, -0.25) is 4.79 Å². The van der Waals surface area contributed by atoms with Crippen LogP contribution in [0.3, 0.4) is 0 Å². The van der Waals surface area contributed by atoms with Crippen LogP contribution in [0, 0.1) is 5.82 Å². The van der Waals surface area contributed by atoms with Gasteiger partial charge in [0.05, 0.1) is 5.56 Å². The predicted octanol–water partition coefficient (Wildman–Crippen LogP) is 4.81. The van der Waals surface area contributed by atoms with Crippen LogP contribution in [0.25, 0.3) is 11.5 Å². The molecule has 1 saturated heterocycles. The van der Waals surface area contributed by atoms with Crippen LogP contribution in [-0.2, 0) is 0 Å². The Labute approximate surface area is 187 Å². The number of carbonyl (C=O) groups excluding carboxylic acids is 1. The maximum absolute atomic E-state index is 14.6. The maximum atomic E-state index is 14.6. The van der Waals surface area contributed by atoms with E-state index in [1.54, 1.807) is 30.3 Å². The van der Waals surface area contributed by atoms with E-state index in [4.69, 9.17) is 4.42 Å². The summed E-state index contributed by atoms with van der Waals surface area (Å²) in [6, 6.07) is 13.4. The van der Waals surface area contributed by atoms with Gasteiger partial charge in [-0.1, -0.05) is 29.7 Å². The summed E-state index contributed by atoms with van der Waals surface area (Å²) in [5.41, 5.74) is 1.04. The minimum Gasteiger partial charge on any atom is -0.403 e. The van der Waals surface area contributed by atoms with Crippen LogP contribution in [0.4, 0.5) is 16.1 Å². The van der Waals surface area contributed by atoms with Gasteiger partial charge in [-0.05, 0) is 75.6 Å². The zero-order valence-corrected chi connectivity index (χ0v) is 18.0. The van der Waals surface area contributed by atoms with Crippen LogP contribution < -0.4 is 10.6 Å². The van der Waals surface area contributed by atoms with Crippen molar-refractivity contribution in [3.8, 4) is 11.5 Å². The van der Waals surface area contributed by atoms with Crippen molar-refractivity contribution < 1.29 is 13.6 Å². The lowest BCUT2D eigenvalue weighted by molar-refractivity contribution is 0.102. The number of piperidine rings is 1. The fourth-order valence-corrected chi connectivity index (χ4v) is 3.80. The summed E-state index contributed by atoms with van der Waals surface area (Å²) in [4.78, 5) is 14.8. The zero-order chi connectivity index (χ0) is 22.2. The van der Waals surface area contributed by atoms with Crippen molar-refractivity contribution in [2.75, 3.05) is 36.8 Å². The predicted molar refractivity (Wildman–Crippen MR) is 122 cm³/mol. The van der Waals surface area contributed by atoms with E-state index < -0.39 is 5.82 Å². The quantitative estimate of drug-likeness (QED) is 0.468. The standard InChI is InChI=1S/C24H28FN5O2/c25-21-17-19(27-22(31)18-9-3-1-4-10-18)11-12-20(21)23-28-29-24(32-23)26-13-5-8-16-30-14-6-2-7-15-30/h1,3-4,9-12,17H,2,5-8,13-16H2,(H,26,29)(H,27,31). The molecule has 0 atom stereocenters. The lowest BCUT2D eigenvalue weighted by Gasteiger charge is -2.26. The number of unbranched alkanes of at least 4 members (excludes halogenated alkanes) is 1. The van der Waals surface area contributed by atoms with Crippen LogP contribution in [0.5, 0.6) is 0 Å². The summed E-state index contributed by atoms with van der Waals surface area (Å²) in [6.07, 6.45) is 6.07. The average Bonchev–Trinajstić information content (AvgIpc) is 3.29. The topological polar surface area (TPSA) is 83.3 Å². The number of nitrogens with one attached hydrogen (secondary N) is 2. The van der Waals surface area contributed by atoms with Gasteiger partial charge in [-0.2, -0.15) is 0 Å². The van der Waals surface area contributed by atoms with Crippen molar-refractivity contribution in [3.63, 3.8) is 0 Å². The number of amides is 1. The summed E-state index contributed by atoms with van der Waals surface area (Å²) in [5, 5.41) is 13.7. The number of benzene rings is 2. The van der Waals surface area contributed by atoms with Gasteiger partial charge in [0.1, 0.15) is 5.82 Å². The van der Waals surface area contributed by atoms with Crippen molar-refractivity contribution in [1.29, 1.82) is 0 Å². The number of hydrogen-bond acceptors (Lipinski definition) is 6. The summed E-state index contributed by atoms with van der Waals surface area (Å²) in [7, 11) is 0. The highest BCUT2D eigenvalue weighted by atomic mass is 19.1. The molecular weight excluding hydrogens is 409 g/mol. The Morgan fingerprint density at radius 3 is 2.62 bits per heavy atom. The van der Waals surface area contributed by atoms with Crippen molar-refractivity contribution in [3.05, 3.63) is 59.9 Å². The fourth-order valence-electron chi connectivity index (χ4n) is 3.80. The molecule has 7 nitrogen and oxygen atoms in total. The lowest BCUT2D eigenvalue weighted by Crippen LogP contribution is -2.30. The van der Waals surface area contributed by atoms with Crippen LogP contribution in [-0.4, -0.2) is 47.2 Å². The van der Waals surface area contributed by atoms with Gasteiger partial charge in [0, 0.05) is 17.8 Å². The van der Waals surface area contributed by atoms with Crippen molar-refractivity contribution in [2.24, 2.45) is 0 Å². The van der Waals surface area contributed by atoms with E-state index in [1.807, 2.05) is 6.07 Å². The highest BCUT2D eigenvalue weighted by molar-refractivity contribution is 6.04. The highest BCUT2D eigenvalue weighted by Gasteiger charge is 2.15. The minimum atomic E-state index is -0.549. The molecule has 2 N–H and O–H groups in total. The molecule has 0 radical (unpaired) electrons. The molecule has 1 fully saturated rings. The number of likely N-dealkylation sites (tertiary alicyclic amines) is 1. The molecular formula is C24H28FN5O2. The van der Waals surface area contributed by atoms with Crippen molar-refractivity contribution in [1.82, 2.24) is 15.1 Å². The molecule has 168 valence electrons. The summed E-state index contributed by atoms with van der Waals surface area (Å²) >= 11 is 0. The zero-order valence-electron chi connectivity index (χ0n) is 18.0. The molecule has 0 bridgehead atoms. The normalized spacial score (nSPS) is 14.3. The van der Waals surface area contributed by atoms with E-state index in [0.29, 0.717) is 11.3 Å². The number of hydrogen-bond donors (Lipinski definition) is 2. The molecule has 0 unspecified atom stereocenters. The van der Waals surface area contributed by atoms with Gasteiger partial charge >= 0.3 is 6.01 Å². The largest absolute Gasteiger partial charge is 0.403 e. The number of anilines is 2. The second-order valence-electron chi connectivity index (χ2n) is 7.96. The molecule has 2 aromatic carbocycles. The Bertz CT molecular complexity index is 1020. The Morgan fingerprint density at radius 2 is 1.84 bits per heavy atom. The third-order valence-electron chi connectivity index (χ3n) is 5.54. The number of halogens is 1. The Balaban J connectivity index is 1.27. The monoisotopic (exact) mass is 437 g/mol. The number of nitrogens with zero attached hydrogens (tertiary/aromatic N) is 3. The summed E-state index contributed by atoms with van der Waals surface area (Å²) in [5.74, 6) is -0.755. The van der Waals surface area contributed by atoms with Crippen LogP contribution in [0.1, 0.15) is 42.5 Å². The Hall–Kier alpha value is -3.26. The maximum Gasteiger partial charge on any atom is 0.315 e. The molecule has 0 spiro atoms. The highest BCUT2D eigenvalue weighted by Crippen LogP contribution is 2.25. The van der Waals surface area contributed by atoms with Crippen molar-refractivity contribution >= 4 is 17.6 Å². The van der Waals surface area contributed by atoms with Gasteiger partial charge in [-0.15, -0.1) is 5.10 Å². The molecule has 1 aliphatic rings. The first-order chi connectivity index (χ1) is 15.7. The smallest absolute Gasteiger partial charge is 0.315 e. The molecule has 1 aromatic heterocycles. The third kappa shape index (κ3) is 5.91. The van der Waals surface area contributed by atoms with Crippen LogP contribution in [0.15, 0.2) is 52.9 Å². The third-order valence-corrected chi connectivity index (χ3v) is 5.54. The molecule has 8 heteroatoms. The average molecular weight is 438 g/mol. The second kappa shape index (κ2) is 10.9. The van der Waals surface area contributed by atoms with E-state index in [9.17, 15) is 9.18 Å². The first kappa shape index (κ1) is 22.0. The molecule has 1 amide bonds. The van der Waals surface area contributed by atoms with E-state index >= 15 is 0 Å². The molecule has 32 heavy (non-hydrogen) atoms. The van der Waals surface area contributed by atoms with Gasteiger partial charge in [0.2, 0.25) is 0 Å². The second-order valence-corrected chi connectivity index (χ2v) is 7.96. The summed E-state index contributed by atoms with van der Waals surface area (Å²) in [6.45, 7) is 4.26. The van der Waals surface area contributed by atoms with Crippen molar-refractivity contribution in [2.45, 2.75) is 32.1 Å². The van der Waals surface area contributed by atoms with Crippen LogP contribution >= 0.6 is 0 Å². The van der Waals surface area contributed by atoms with Gasteiger partial charge < -0.3 is 20.0 Å². The van der Waals surface area contributed by atoms with Crippen LogP contribution in [0.2, 0.25) is 0 Å². The molecule has 3 aromatic rings. The first-order valence-electron chi connectivity index (χ1n) is 11.1. The van der Waals surface area contributed by atoms with Gasteiger partial charge in [-0.25, -0.2) is 4.39 Å². The minimum absolute atomic E-state index is 0.0965. The van der Waals surface area contributed by atoms with E-state index in [1.165, 1.54) is 44.5 Å². The Morgan fingerprint density at radius 1 is 1.03 bits per heavy atom. The van der Waals surface area contributed by atoms with E-state index in [-0.39, 0.29) is 23.4 Å². The first-order valence-corrected chi connectivity index (χ1v) is 11.1. The SMILES string of the molecule is O=C(Nc1ccc(-c2nnc(NCCCCN3CCCCC3)o2)c(F)c1)c1ccccc1. The molecule has 2 heterocycles. The fraction of sp³-hybridized carbons (Fsp3) is 0.375. The molecule has 1 aliphatic heterocycles. The number of aromatic nitrogens is 2. The van der Waals surface area contributed by atoms with Gasteiger partial charge in [0.15, 0.2) is 0 Å². The van der Waals surface area contributed by atoms with E-state index in [2.05, 4.69) is 25.7 Å². The van der Waals surface area contributed by atoms with E-state index in [0.717, 1.165) is 25.9 Å². The number of rotatable bonds is 9. The molecule has 4 rings (SSSR count).